The first-order chi connectivity index (χ1) is 8.74. The average molecular weight is 259 g/mol. The largest absolute Gasteiger partial charge is 0.497 e. The molecule has 0 atom stereocenters. The first-order valence-electron chi connectivity index (χ1n) is 5.85. The number of rotatable bonds is 4. The normalized spacial score (nSPS) is 10.4. The van der Waals surface area contributed by atoms with Crippen LogP contribution in [0.2, 0.25) is 0 Å². The van der Waals surface area contributed by atoms with Crippen LogP contribution in [0.4, 0.5) is 0 Å². The average Bonchev–Trinajstić information content (AvgIpc) is 2.41. The number of nitrogens with two attached hydrogens (primary N) is 1. The molecule has 0 aromatic heterocycles. The van der Waals surface area contributed by atoms with E-state index in [4.69, 9.17) is 10.5 Å². The van der Waals surface area contributed by atoms with Crippen LogP contribution in [0.25, 0.3) is 0 Å². The quantitative estimate of drug-likeness (QED) is 0.911. The van der Waals surface area contributed by atoms with E-state index in [1.807, 2.05) is 18.2 Å². The summed E-state index contributed by atoms with van der Waals surface area (Å²) in [6, 6.07) is 14.4. The van der Waals surface area contributed by atoms with E-state index in [1.54, 1.807) is 18.9 Å². The Morgan fingerprint density at radius 2 is 1.89 bits per heavy atom. The maximum Gasteiger partial charge on any atom is 0.120 e. The number of methoxy groups -OCH3 is 1. The van der Waals surface area contributed by atoms with Crippen molar-refractivity contribution in [2.45, 2.75) is 23.3 Å². The Morgan fingerprint density at radius 3 is 2.56 bits per heavy atom. The van der Waals surface area contributed by atoms with Crippen molar-refractivity contribution < 1.29 is 4.74 Å². The van der Waals surface area contributed by atoms with Gasteiger partial charge in [0.2, 0.25) is 0 Å². The van der Waals surface area contributed by atoms with Gasteiger partial charge in [0.25, 0.3) is 0 Å². The molecule has 0 radical (unpaired) electrons. The number of ether oxygens (including phenoxy) is 1. The van der Waals surface area contributed by atoms with Gasteiger partial charge in [0, 0.05) is 16.3 Å². The molecule has 3 heteroatoms. The standard InChI is InChI=1S/C15H17NOS/c1-11-5-3-4-6-14(11)18-15-9-13(17-2)8-7-12(15)10-16/h3-9H,10,16H2,1-2H3. The lowest BCUT2D eigenvalue weighted by molar-refractivity contribution is 0.413. The van der Waals surface area contributed by atoms with Gasteiger partial charge in [-0.25, -0.2) is 0 Å². The van der Waals surface area contributed by atoms with Crippen LogP contribution in [-0.2, 0) is 6.54 Å². The Balaban J connectivity index is 2.35. The molecule has 0 aliphatic rings. The van der Waals surface area contributed by atoms with Crippen molar-refractivity contribution in [2.75, 3.05) is 7.11 Å². The molecule has 18 heavy (non-hydrogen) atoms. The number of hydrogen-bond donors (Lipinski definition) is 1. The molecular formula is C15H17NOS. The summed E-state index contributed by atoms with van der Waals surface area (Å²) in [5.74, 6) is 0.864. The Hall–Kier alpha value is -1.45. The molecule has 0 amide bonds. The van der Waals surface area contributed by atoms with Crippen LogP contribution >= 0.6 is 11.8 Å². The zero-order chi connectivity index (χ0) is 13.0. The maximum absolute atomic E-state index is 5.78. The van der Waals surface area contributed by atoms with Crippen LogP contribution in [0.3, 0.4) is 0 Å². The minimum atomic E-state index is 0.540. The van der Waals surface area contributed by atoms with Crippen LogP contribution in [0.15, 0.2) is 52.3 Å². The molecule has 0 bridgehead atoms. The molecule has 94 valence electrons. The van der Waals surface area contributed by atoms with E-state index >= 15 is 0 Å². The summed E-state index contributed by atoms with van der Waals surface area (Å²) in [5.41, 5.74) is 8.19. The Kier molecular flexibility index (Phi) is 4.28. The van der Waals surface area contributed by atoms with E-state index in [2.05, 4.69) is 31.2 Å². The molecule has 2 nitrogen and oxygen atoms in total. The molecule has 2 aromatic carbocycles. The monoisotopic (exact) mass is 259 g/mol. The van der Waals surface area contributed by atoms with E-state index in [1.165, 1.54) is 10.5 Å². The molecule has 2 rings (SSSR count). The van der Waals surface area contributed by atoms with E-state index < -0.39 is 0 Å². The number of hydrogen-bond acceptors (Lipinski definition) is 3. The summed E-state index contributed by atoms with van der Waals surface area (Å²) >= 11 is 1.73. The molecule has 0 spiro atoms. The number of aryl methyl sites for hydroxylation is 1. The van der Waals surface area contributed by atoms with Gasteiger partial charge >= 0.3 is 0 Å². The third-order valence-corrected chi connectivity index (χ3v) is 4.09. The zero-order valence-corrected chi connectivity index (χ0v) is 11.5. The van der Waals surface area contributed by atoms with Crippen molar-refractivity contribution in [1.29, 1.82) is 0 Å². The van der Waals surface area contributed by atoms with Crippen molar-refractivity contribution in [3.8, 4) is 5.75 Å². The summed E-state index contributed by atoms with van der Waals surface area (Å²) in [6.07, 6.45) is 0. The lowest BCUT2D eigenvalue weighted by Crippen LogP contribution is -1.98. The van der Waals surface area contributed by atoms with Gasteiger partial charge in [0.15, 0.2) is 0 Å². The Morgan fingerprint density at radius 1 is 1.11 bits per heavy atom. The van der Waals surface area contributed by atoms with Gasteiger partial charge in [-0.3, -0.25) is 0 Å². The fourth-order valence-electron chi connectivity index (χ4n) is 1.71. The predicted molar refractivity (Wildman–Crippen MR) is 76.2 cm³/mol. The molecule has 0 heterocycles. The first-order valence-corrected chi connectivity index (χ1v) is 6.66. The highest BCUT2D eigenvalue weighted by atomic mass is 32.2. The van der Waals surface area contributed by atoms with Gasteiger partial charge in [-0.15, -0.1) is 0 Å². The van der Waals surface area contributed by atoms with Gasteiger partial charge in [-0.2, -0.15) is 0 Å². The summed E-state index contributed by atoms with van der Waals surface area (Å²) in [6.45, 7) is 2.66. The van der Waals surface area contributed by atoms with Crippen LogP contribution in [0, 0.1) is 6.92 Å². The molecule has 2 N–H and O–H groups in total. The van der Waals surface area contributed by atoms with E-state index in [9.17, 15) is 0 Å². The SMILES string of the molecule is COc1ccc(CN)c(Sc2ccccc2C)c1. The molecule has 0 aliphatic heterocycles. The third kappa shape index (κ3) is 2.86. The van der Waals surface area contributed by atoms with Crippen molar-refractivity contribution in [3.05, 3.63) is 53.6 Å². The minimum Gasteiger partial charge on any atom is -0.497 e. The fourth-order valence-corrected chi connectivity index (χ4v) is 2.78. The smallest absolute Gasteiger partial charge is 0.120 e. The summed E-state index contributed by atoms with van der Waals surface area (Å²) < 4.78 is 5.27. The van der Waals surface area contributed by atoms with Crippen molar-refractivity contribution in [2.24, 2.45) is 5.73 Å². The van der Waals surface area contributed by atoms with E-state index in [0.29, 0.717) is 6.54 Å². The maximum atomic E-state index is 5.78. The van der Waals surface area contributed by atoms with E-state index in [0.717, 1.165) is 16.2 Å². The Labute approximate surface area is 112 Å². The topological polar surface area (TPSA) is 35.2 Å². The van der Waals surface area contributed by atoms with Gasteiger partial charge in [0.1, 0.15) is 5.75 Å². The number of benzene rings is 2. The molecule has 0 saturated carbocycles. The second-order valence-electron chi connectivity index (χ2n) is 4.05. The minimum absolute atomic E-state index is 0.540. The fraction of sp³-hybridized carbons (Fsp3) is 0.200. The predicted octanol–water partition coefficient (Wildman–Crippen LogP) is 3.61. The summed E-state index contributed by atoms with van der Waals surface area (Å²) in [7, 11) is 1.68. The van der Waals surface area contributed by atoms with Crippen LogP contribution in [0.5, 0.6) is 5.75 Å². The molecular weight excluding hydrogens is 242 g/mol. The van der Waals surface area contributed by atoms with Gasteiger partial charge in [-0.05, 0) is 36.2 Å². The summed E-state index contributed by atoms with van der Waals surface area (Å²) in [5, 5.41) is 0. The van der Waals surface area contributed by atoms with Gasteiger partial charge in [-0.1, -0.05) is 36.0 Å². The van der Waals surface area contributed by atoms with Crippen LogP contribution in [0.1, 0.15) is 11.1 Å². The van der Waals surface area contributed by atoms with Gasteiger partial charge < -0.3 is 10.5 Å². The lowest BCUT2D eigenvalue weighted by Gasteiger charge is -2.11. The second kappa shape index (κ2) is 5.94. The summed E-state index contributed by atoms with van der Waals surface area (Å²) in [4.78, 5) is 2.41. The molecule has 0 aliphatic carbocycles. The van der Waals surface area contributed by atoms with Crippen molar-refractivity contribution >= 4 is 11.8 Å². The second-order valence-corrected chi connectivity index (χ2v) is 5.13. The molecule has 0 unspecified atom stereocenters. The van der Waals surface area contributed by atoms with Crippen molar-refractivity contribution in [1.82, 2.24) is 0 Å². The first kappa shape index (κ1) is 13.0. The highest BCUT2D eigenvalue weighted by Gasteiger charge is 2.06. The van der Waals surface area contributed by atoms with Crippen LogP contribution < -0.4 is 10.5 Å². The molecule has 2 aromatic rings. The van der Waals surface area contributed by atoms with Crippen LogP contribution in [-0.4, -0.2) is 7.11 Å². The van der Waals surface area contributed by atoms with E-state index in [-0.39, 0.29) is 0 Å². The molecule has 0 fully saturated rings. The Bertz CT molecular complexity index is 540. The van der Waals surface area contributed by atoms with Gasteiger partial charge in [0.05, 0.1) is 7.11 Å². The highest BCUT2D eigenvalue weighted by molar-refractivity contribution is 7.99. The molecule has 0 saturated heterocycles. The third-order valence-electron chi connectivity index (χ3n) is 2.81. The van der Waals surface area contributed by atoms with Crippen molar-refractivity contribution in [3.63, 3.8) is 0 Å². The highest BCUT2D eigenvalue weighted by Crippen LogP contribution is 2.34. The lowest BCUT2D eigenvalue weighted by atomic mass is 10.2. The zero-order valence-electron chi connectivity index (χ0n) is 10.6.